The number of para-hydroxylation sites is 2. The van der Waals surface area contributed by atoms with E-state index in [1.165, 1.54) is 0 Å². The summed E-state index contributed by atoms with van der Waals surface area (Å²) in [6, 6.07) is 7.21. The average molecular weight is 377 g/mol. The smallest absolute Gasteiger partial charge is 0.407 e. The Morgan fingerprint density at radius 1 is 1.19 bits per heavy atom. The number of carbonyl (C=O) groups excluding carboxylic acids is 3. The standard InChI is InChI=1S/C19H27N3O5/c1-19(2,3)27-18(25)21-10-9-20-17(24)13-11-16(23)22(12-13)14-7-5-6-8-15(14)26-4/h5-8,13H,9-12H2,1-4H3,(H,20,24)(H,21,25)/t13-/m0/s1. The SMILES string of the molecule is COc1ccccc1N1C[C@@H](C(=O)NCCNC(=O)OC(C)(C)C)CC1=O. The van der Waals surface area contributed by atoms with E-state index in [1.807, 2.05) is 12.1 Å². The molecule has 0 aromatic heterocycles. The summed E-state index contributed by atoms with van der Waals surface area (Å²) in [5, 5.41) is 5.32. The van der Waals surface area contributed by atoms with Crippen molar-refractivity contribution in [2.75, 3.05) is 31.6 Å². The van der Waals surface area contributed by atoms with E-state index in [0.717, 1.165) is 0 Å². The maximum Gasteiger partial charge on any atom is 0.407 e. The quantitative estimate of drug-likeness (QED) is 0.736. The van der Waals surface area contributed by atoms with E-state index >= 15 is 0 Å². The predicted molar refractivity (Wildman–Crippen MR) is 101 cm³/mol. The first-order chi connectivity index (χ1) is 12.7. The molecule has 1 aliphatic heterocycles. The van der Waals surface area contributed by atoms with Gasteiger partial charge in [0.1, 0.15) is 11.4 Å². The van der Waals surface area contributed by atoms with Crippen molar-refractivity contribution in [3.05, 3.63) is 24.3 Å². The van der Waals surface area contributed by atoms with Crippen molar-refractivity contribution in [3.63, 3.8) is 0 Å². The lowest BCUT2D eigenvalue weighted by molar-refractivity contribution is -0.126. The van der Waals surface area contributed by atoms with E-state index in [0.29, 0.717) is 18.0 Å². The molecule has 3 amide bonds. The van der Waals surface area contributed by atoms with E-state index in [-0.39, 0.29) is 31.3 Å². The van der Waals surface area contributed by atoms with E-state index in [4.69, 9.17) is 9.47 Å². The number of carbonyl (C=O) groups is 3. The average Bonchev–Trinajstić information content (AvgIpc) is 2.98. The van der Waals surface area contributed by atoms with E-state index in [1.54, 1.807) is 44.9 Å². The third kappa shape index (κ3) is 5.87. The molecular formula is C19H27N3O5. The van der Waals surface area contributed by atoms with Crippen molar-refractivity contribution in [1.82, 2.24) is 10.6 Å². The van der Waals surface area contributed by atoms with Crippen molar-refractivity contribution in [3.8, 4) is 5.75 Å². The van der Waals surface area contributed by atoms with Crippen molar-refractivity contribution in [1.29, 1.82) is 0 Å². The van der Waals surface area contributed by atoms with Crippen molar-refractivity contribution >= 4 is 23.6 Å². The Labute approximate surface area is 159 Å². The van der Waals surface area contributed by atoms with Crippen LogP contribution >= 0.6 is 0 Å². The minimum absolute atomic E-state index is 0.119. The normalized spacial score (nSPS) is 16.8. The van der Waals surface area contributed by atoms with E-state index < -0.39 is 17.6 Å². The van der Waals surface area contributed by atoms with Crippen LogP contribution in [0.4, 0.5) is 10.5 Å². The van der Waals surface area contributed by atoms with Crippen LogP contribution in [0.3, 0.4) is 0 Å². The number of nitrogens with one attached hydrogen (secondary N) is 2. The van der Waals surface area contributed by atoms with Gasteiger partial charge >= 0.3 is 6.09 Å². The highest BCUT2D eigenvalue weighted by Crippen LogP contribution is 2.32. The fourth-order valence-electron chi connectivity index (χ4n) is 2.78. The molecule has 1 saturated heterocycles. The highest BCUT2D eigenvalue weighted by Gasteiger charge is 2.36. The minimum atomic E-state index is -0.570. The zero-order valence-electron chi connectivity index (χ0n) is 16.2. The molecule has 27 heavy (non-hydrogen) atoms. The molecule has 1 aromatic carbocycles. The largest absolute Gasteiger partial charge is 0.495 e. The van der Waals surface area contributed by atoms with Crippen LogP contribution in [0.15, 0.2) is 24.3 Å². The van der Waals surface area contributed by atoms with Crippen molar-refractivity contribution in [2.24, 2.45) is 5.92 Å². The van der Waals surface area contributed by atoms with Gasteiger partial charge in [-0.2, -0.15) is 0 Å². The summed E-state index contributed by atoms with van der Waals surface area (Å²) in [6.07, 6.45) is -0.390. The summed E-state index contributed by atoms with van der Waals surface area (Å²) in [7, 11) is 1.54. The first-order valence-electron chi connectivity index (χ1n) is 8.89. The predicted octanol–water partition coefficient (Wildman–Crippen LogP) is 1.69. The van der Waals surface area contributed by atoms with Crippen LogP contribution < -0.4 is 20.3 Å². The van der Waals surface area contributed by atoms with E-state index in [9.17, 15) is 14.4 Å². The Kier molecular flexibility index (Phi) is 6.65. The van der Waals surface area contributed by atoms with Crippen LogP contribution in [0.25, 0.3) is 0 Å². The summed E-state index contributed by atoms with van der Waals surface area (Å²) < 4.78 is 10.4. The Morgan fingerprint density at radius 2 is 1.85 bits per heavy atom. The number of nitrogens with zero attached hydrogens (tertiary/aromatic N) is 1. The number of ether oxygens (including phenoxy) is 2. The number of hydrogen-bond donors (Lipinski definition) is 2. The second-order valence-electron chi connectivity index (χ2n) is 7.30. The summed E-state index contributed by atoms with van der Waals surface area (Å²) in [4.78, 5) is 37.8. The lowest BCUT2D eigenvalue weighted by Crippen LogP contribution is -2.40. The number of amides is 3. The number of rotatable bonds is 6. The summed E-state index contributed by atoms with van der Waals surface area (Å²) in [5.41, 5.74) is 0.0892. The molecule has 1 aliphatic rings. The molecule has 1 aromatic rings. The van der Waals surface area contributed by atoms with Gasteiger partial charge in [-0.1, -0.05) is 12.1 Å². The molecule has 2 N–H and O–H groups in total. The van der Waals surface area contributed by atoms with Gasteiger partial charge in [-0.15, -0.1) is 0 Å². The molecule has 8 heteroatoms. The molecule has 1 atom stereocenters. The van der Waals surface area contributed by atoms with Gasteiger partial charge in [-0.25, -0.2) is 4.79 Å². The van der Waals surface area contributed by atoms with Gasteiger partial charge in [0, 0.05) is 26.1 Å². The van der Waals surface area contributed by atoms with Gasteiger partial charge in [0.2, 0.25) is 11.8 Å². The number of benzene rings is 1. The van der Waals surface area contributed by atoms with Gasteiger partial charge in [0.05, 0.1) is 18.7 Å². The van der Waals surface area contributed by atoms with E-state index in [2.05, 4.69) is 10.6 Å². The topological polar surface area (TPSA) is 97.0 Å². The van der Waals surface area contributed by atoms with Gasteiger partial charge in [0.15, 0.2) is 0 Å². The first kappa shape index (κ1) is 20.5. The first-order valence-corrected chi connectivity index (χ1v) is 8.89. The van der Waals surface area contributed by atoms with Crippen LogP contribution in [0.1, 0.15) is 27.2 Å². The molecule has 2 rings (SSSR count). The Balaban J connectivity index is 1.81. The molecule has 0 spiro atoms. The fraction of sp³-hybridized carbons (Fsp3) is 0.526. The van der Waals surface area contributed by atoms with Gasteiger partial charge in [0.25, 0.3) is 0 Å². The van der Waals surface area contributed by atoms with Crippen molar-refractivity contribution < 1.29 is 23.9 Å². The summed E-state index contributed by atoms with van der Waals surface area (Å²) in [5.74, 6) is -0.185. The second kappa shape index (κ2) is 8.75. The lowest BCUT2D eigenvalue weighted by atomic mass is 10.1. The molecule has 1 fully saturated rings. The molecular weight excluding hydrogens is 350 g/mol. The molecule has 0 unspecified atom stereocenters. The zero-order valence-corrected chi connectivity index (χ0v) is 16.2. The Hall–Kier alpha value is -2.77. The number of anilines is 1. The number of methoxy groups -OCH3 is 1. The van der Waals surface area contributed by atoms with Crippen LogP contribution in [0, 0.1) is 5.92 Å². The highest BCUT2D eigenvalue weighted by atomic mass is 16.6. The molecule has 148 valence electrons. The molecule has 0 radical (unpaired) electrons. The third-order valence-corrected chi connectivity index (χ3v) is 3.96. The molecule has 0 saturated carbocycles. The molecule has 0 aliphatic carbocycles. The summed E-state index contributed by atoms with van der Waals surface area (Å²) in [6.45, 7) is 6.14. The number of hydrogen-bond acceptors (Lipinski definition) is 5. The third-order valence-electron chi connectivity index (χ3n) is 3.96. The second-order valence-corrected chi connectivity index (χ2v) is 7.30. The van der Waals surface area contributed by atoms with Crippen LogP contribution in [0.2, 0.25) is 0 Å². The molecule has 0 bridgehead atoms. The Bertz CT molecular complexity index is 699. The van der Waals surface area contributed by atoms with Crippen LogP contribution in [0.5, 0.6) is 5.75 Å². The fourth-order valence-corrected chi connectivity index (χ4v) is 2.78. The van der Waals surface area contributed by atoms with Gasteiger partial charge in [-0.3, -0.25) is 9.59 Å². The summed E-state index contributed by atoms with van der Waals surface area (Å²) >= 11 is 0. The highest BCUT2D eigenvalue weighted by molar-refractivity contribution is 6.01. The van der Waals surface area contributed by atoms with Crippen molar-refractivity contribution in [2.45, 2.75) is 32.8 Å². The minimum Gasteiger partial charge on any atom is -0.495 e. The lowest BCUT2D eigenvalue weighted by Gasteiger charge is -2.20. The maximum atomic E-state index is 12.3. The maximum absolute atomic E-state index is 12.3. The molecule has 8 nitrogen and oxygen atoms in total. The Morgan fingerprint density at radius 3 is 2.52 bits per heavy atom. The van der Waals surface area contributed by atoms with Gasteiger partial charge in [-0.05, 0) is 32.9 Å². The zero-order chi connectivity index (χ0) is 20.0. The van der Waals surface area contributed by atoms with Crippen LogP contribution in [-0.4, -0.2) is 50.3 Å². The van der Waals surface area contributed by atoms with Gasteiger partial charge < -0.3 is 25.0 Å². The molecule has 1 heterocycles. The number of alkyl carbamates (subject to hydrolysis) is 1. The monoisotopic (exact) mass is 377 g/mol. The van der Waals surface area contributed by atoms with Crippen LogP contribution in [-0.2, 0) is 14.3 Å².